The summed E-state index contributed by atoms with van der Waals surface area (Å²) in [6, 6.07) is 4.84. The minimum Gasteiger partial charge on any atom is -0.481 e. The van der Waals surface area contributed by atoms with Crippen LogP contribution in [-0.2, 0) is 0 Å². The zero-order valence-electron chi connectivity index (χ0n) is 7.97. The van der Waals surface area contributed by atoms with Gasteiger partial charge in [0.1, 0.15) is 5.82 Å². The van der Waals surface area contributed by atoms with E-state index in [1.165, 1.54) is 7.11 Å². The van der Waals surface area contributed by atoms with Gasteiger partial charge in [0.2, 0.25) is 5.88 Å². The number of anilines is 1. The van der Waals surface area contributed by atoms with Crippen LogP contribution in [0.25, 0.3) is 0 Å². The summed E-state index contributed by atoms with van der Waals surface area (Å²) < 4.78 is 4.93. The van der Waals surface area contributed by atoms with Gasteiger partial charge in [-0.3, -0.25) is 0 Å². The Morgan fingerprint density at radius 1 is 1.43 bits per heavy atom. The second-order valence-electron chi connectivity index (χ2n) is 2.77. The summed E-state index contributed by atoms with van der Waals surface area (Å²) in [6.07, 6.45) is 0. The van der Waals surface area contributed by atoms with E-state index in [9.17, 15) is 0 Å². The molecular formula is C9H14N2O3. The van der Waals surface area contributed by atoms with Gasteiger partial charge in [0.25, 0.3) is 0 Å². The first kappa shape index (κ1) is 10.7. The Balaban J connectivity index is 2.65. The Morgan fingerprint density at radius 2 is 2.14 bits per heavy atom. The molecule has 14 heavy (non-hydrogen) atoms. The maximum absolute atomic E-state index is 8.83. The van der Waals surface area contributed by atoms with Crippen LogP contribution in [0.1, 0.15) is 0 Å². The summed E-state index contributed by atoms with van der Waals surface area (Å²) in [5.74, 6) is 1.06. The molecule has 0 atom stereocenters. The molecule has 0 unspecified atom stereocenters. The first-order valence-corrected chi connectivity index (χ1v) is 4.29. The van der Waals surface area contributed by atoms with Gasteiger partial charge in [-0.2, -0.15) is 4.98 Å². The minimum absolute atomic E-state index is 0.143. The van der Waals surface area contributed by atoms with E-state index in [0.717, 1.165) is 0 Å². The van der Waals surface area contributed by atoms with Gasteiger partial charge >= 0.3 is 0 Å². The molecule has 0 aromatic carbocycles. The van der Waals surface area contributed by atoms with E-state index in [0.29, 0.717) is 11.7 Å². The molecule has 0 aliphatic heterocycles. The molecule has 0 bridgehead atoms. The van der Waals surface area contributed by atoms with Crippen molar-refractivity contribution in [3.05, 3.63) is 18.2 Å². The minimum atomic E-state index is -0.394. The number of pyridine rings is 1. The normalized spacial score (nSPS) is 10.3. The molecule has 0 amide bonds. The van der Waals surface area contributed by atoms with Crippen LogP contribution in [-0.4, -0.2) is 41.6 Å². The van der Waals surface area contributed by atoms with Crippen LogP contribution < -0.4 is 10.1 Å². The first-order valence-electron chi connectivity index (χ1n) is 4.29. The maximum atomic E-state index is 8.83. The molecule has 0 saturated heterocycles. The summed E-state index contributed by atoms with van der Waals surface area (Å²) in [7, 11) is 1.53. The summed E-state index contributed by atoms with van der Waals surface area (Å²) in [6.45, 7) is -0.287. The van der Waals surface area contributed by atoms with Gasteiger partial charge in [0, 0.05) is 6.07 Å². The highest BCUT2D eigenvalue weighted by Crippen LogP contribution is 2.11. The van der Waals surface area contributed by atoms with Crippen LogP contribution >= 0.6 is 0 Å². The van der Waals surface area contributed by atoms with Crippen LogP contribution in [0.2, 0.25) is 0 Å². The highest BCUT2D eigenvalue weighted by atomic mass is 16.5. The molecule has 0 fully saturated rings. The van der Waals surface area contributed by atoms with Gasteiger partial charge in [0.15, 0.2) is 0 Å². The lowest BCUT2D eigenvalue weighted by molar-refractivity contribution is 0.203. The lowest BCUT2D eigenvalue weighted by Crippen LogP contribution is -2.28. The number of aliphatic hydroxyl groups is 2. The Hall–Kier alpha value is -1.33. The number of ether oxygens (including phenoxy) is 1. The van der Waals surface area contributed by atoms with E-state index >= 15 is 0 Å². The summed E-state index contributed by atoms with van der Waals surface area (Å²) >= 11 is 0. The predicted molar refractivity (Wildman–Crippen MR) is 52.4 cm³/mol. The first-order chi connectivity index (χ1) is 6.80. The van der Waals surface area contributed by atoms with Crippen molar-refractivity contribution in [2.75, 3.05) is 25.6 Å². The van der Waals surface area contributed by atoms with E-state index < -0.39 is 6.04 Å². The average Bonchev–Trinajstić information content (AvgIpc) is 2.26. The molecule has 0 aliphatic rings. The fraction of sp³-hybridized carbons (Fsp3) is 0.444. The lowest BCUT2D eigenvalue weighted by Gasteiger charge is -2.13. The molecule has 0 saturated carbocycles. The number of aliphatic hydroxyl groups excluding tert-OH is 2. The molecular weight excluding hydrogens is 184 g/mol. The molecule has 1 rings (SSSR count). The molecule has 0 radical (unpaired) electrons. The molecule has 1 aromatic heterocycles. The number of nitrogens with one attached hydrogen (secondary N) is 1. The van der Waals surface area contributed by atoms with E-state index in [-0.39, 0.29) is 13.2 Å². The third-order valence-corrected chi connectivity index (χ3v) is 1.73. The highest BCUT2D eigenvalue weighted by Gasteiger charge is 2.06. The van der Waals surface area contributed by atoms with Crippen LogP contribution in [0.3, 0.4) is 0 Å². The van der Waals surface area contributed by atoms with E-state index in [1.807, 2.05) is 0 Å². The summed E-state index contributed by atoms with van der Waals surface area (Å²) in [4.78, 5) is 4.07. The van der Waals surface area contributed by atoms with Crippen molar-refractivity contribution in [3.8, 4) is 5.88 Å². The largest absolute Gasteiger partial charge is 0.481 e. The van der Waals surface area contributed by atoms with Crippen molar-refractivity contribution < 1.29 is 14.9 Å². The van der Waals surface area contributed by atoms with Crippen molar-refractivity contribution >= 4 is 5.82 Å². The summed E-state index contributed by atoms with van der Waals surface area (Å²) in [5, 5.41) is 20.5. The van der Waals surface area contributed by atoms with Crippen LogP contribution in [0.4, 0.5) is 5.82 Å². The van der Waals surface area contributed by atoms with Crippen molar-refractivity contribution in [3.63, 3.8) is 0 Å². The van der Waals surface area contributed by atoms with Gasteiger partial charge in [-0.25, -0.2) is 0 Å². The summed E-state index contributed by atoms with van der Waals surface area (Å²) in [5.41, 5.74) is 0. The van der Waals surface area contributed by atoms with Gasteiger partial charge in [0.05, 0.1) is 26.4 Å². The van der Waals surface area contributed by atoms with Crippen molar-refractivity contribution in [2.24, 2.45) is 0 Å². The third kappa shape index (κ3) is 2.86. The van der Waals surface area contributed by atoms with Gasteiger partial charge in [-0.1, -0.05) is 6.07 Å². The fourth-order valence-corrected chi connectivity index (χ4v) is 0.967. The molecule has 78 valence electrons. The standard InChI is InChI=1S/C9H14N2O3/c1-14-9-4-2-3-8(11-9)10-7(5-12)6-13/h2-4,7,12-13H,5-6H2,1H3,(H,10,11). The van der Waals surface area contributed by atoms with Crippen molar-refractivity contribution in [1.29, 1.82) is 0 Å². The number of nitrogens with zero attached hydrogens (tertiary/aromatic N) is 1. The van der Waals surface area contributed by atoms with Crippen LogP contribution in [0.15, 0.2) is 18.2 Å². The second kappa shape index (κ2) is 5.41. The Kier molecular flexibility index (Phi) is 4.15. The van der Waals surface area contributed by atoms with Gasteiger partial charge in [-0.05, 0) is 6.07 Å². The quantitative estimate of drug-likeness (QED) is 0.613. The topological polar surface area (TPSA) is 74.6 Å². The predicted octanol–water partition coefficient (Wildman–Crippen LogP) is -0.145. The van der Waals surface area contributed by atoms with E-state index in [4.69, 9.17) is 14.9 Å². The highest BCUT2D eigenvalue weighted by molar-refractivity contribution is 5.38. The van der Waals surface area contributed by atoms with Crippen LogP contribution in [0, 0.1) is 0 Å². The zero-order valence-corrected chi connectivity index (χ0v) is 7.97. The number of rotatable bonds is 5. The molecule has 5 nitrogen and oxygen atoms in total. The van der Waals surface area contributed by atoms with Gasteiger partial charge in [-0.15, -0.1) is 0 Å². The Morgan fingerprint density at radius 3 is 2.71 bits per heavy atom. The van der Waals surface area contributed by atoms with Crippen molar-refractivity contribution in [2.45, 2.75) is 6.04 Å². The van der Waals surface area contributed by atoms with E-state index in [2.05, 4.69) is 10.3 Å². The fourth-order valence-electron chi connectivity index (χ4n) is 0.967. The number of hydrogen-bond acceptors (Lipinski definition) is 5. The van der Waals surface area contributed by atoms with E-state index in [1.54, 1.807) is 18.2 Å². The SMILES string of the molecule is COc1cccc(NC(CO)CO)n1. The molecule has 1 aromatic rings. The van der Waals surface area contributed by atoms with Crippen molar-refractivity contribution in [1.82, 2.24) is 4.98 Å². The average molecular weight is 198 g/mol. The van der Waals surface area contributed by atoms with Crippen LogP contribution in [0.5, 0.6) is 5.88 Å². The maximum Gasteiger partial charge on any atom is 0.214 e. The van der Waals surface area contributed by atoms with Gasteiger partial charge < -0.3 is 20.3 Å². The lowest BCUT2D eigenvalue weighted by atomic mass is 10.3. The smallest absolute Gasteiger partial charge is 0.214 e. The molecule has 3 N–H and O–H groups in total. The second-order valence-corrected chi connectivity index (χ2v) is 2.77. The number of aromatic nitrogens is 1. The molecule has 5 heteroatoms. The zero-order chi connectivity index (χ0) is 10.4. The monoisotopic (exact) mass is 198 g/mol. The molecule has 0 spiro atoms. The Bertz CT molecular complexity index is 277. The Labute approximate surface area is 82.4 Å². The molecule has 1 heterocycles. The third-order valence-electron chi connectivity index (χ3n) is 1.73. The number of hydrogen-bond donors (Lipinski definition) is 3. The number of methoxy groups -OCH3 is 1. The molecule has 0 aliphatic carbocycles.